The van der Waals surface area contributed by atoms with Crippen molar-refractivity contribution in [3.8, 4) is 0 Å². The van der Waals surface area contributed by atoms with E-state index in [0.29, 0.717) is 13.2 Å². The maximum atomic E-state index is 10.9. The Morgan fingerprint density at radius 1 is 1.19 bits per heavy atom. The molecule has 0 unspecified atom stereocenters. The minimum absolute atomic E-state index is 0.372. The quantitative estimate of drug-likeness (QED) is 0.516. The number of piperazine rings is 1. The summed E-state index contributed by atoms with van der Waals surface area (Å²) in [4.78, 5) is 15.6. The summed E-state index contributed by atoms with van der Waals surface area (Å²) in [6.07, 6.45) is 0.323. The van der Waals surface area contributed by atoms with E-state index in [2.05, 4.69) is 21.6 Å². The van der Waals surface area contributed by atoms with E-state index in [4.69, 9.17) is 4.74 Å². The predicted octanol–water partition coefficient (Wildman–Crippen LogP) is 0.797. The summed E-state index contributed by atoms with van der Waals surface area (Å²) >= 11 is 0. The van der Waals surface area contributed by atoms with Crippen LogP contribution in [0.4, 0.5) is 4.79 Å². The zero-order valence-corrected chi connectivity index (χ0v) is 10.3. The van der Waals surface area contributed by atoms with E-state index < -0.39 is 6.16 Å². The van der Waals surface area contributed by atoms with Gasteiger partial charge in [-0.2, -0.15) is 0 Å². The summed E-state index contributed by atoms with van der Waals surface area (Å²) in [5, 5.41) is 0. The van der Waals surface area contributed by atoms with Crippen LogP contribution in [0.5, 0.6) is 0 Å². The van der Waals surface area contributed by atoms with Crippen molar-refractivity contribution in [2.45, 2.75) is 13.3 Å². The molecule has 1 heterocycles. The summed E-state index contributed by atoms with van der Waals surface area (Å²) in [5.41, 5.74) is 0. The lowest BCUT2D eigenvalue weighted by Crippen LogP contribution is -2.44. The number of rotatable bonds is 5. The fourth-order valence-corrected chi connectivity index (χ4v) is 1.67. The first-order chi connectivity index (χ1) is 7.72. The van der Waals surface area contributed by atoms with E-state index in [1.165, 1.54) is 0 Å². The molecule has 0 radical (unpaired) electrons. The zero-order valence-electron chi connectivity index (χ0n) is 10.3. The number of carbonyl (C=O) groups is 1. The summed E-state index contributed by atoms with van der Waals surface area (Å²) in [5.74, 6) is 0. The Bertz CT molecular complexity index is 203. The second-order valence-corrected chi connectivity index (χ2v) is 4.03. The van der Waals surface area contributed by atoms with Crippen molar-refractivity contribution >= 4 is 6.16 Å². The average Bonchev–Trinajstić information content (AvgIpc) is 2.27. The van der Waals surface area contributed by atoms with E-state index in [1.807, 2.05) is 0 Å². The van der Waals surface area contributed by atoms with E-state index in [9.17, 15) is 4.79 Å². The van der Waals surface area contributed by atoms with E-state index in [1.54, 1.807) is 6.92 Å². The molecule has 1 aliphatic rings. The Morgan fingerprint density at radius 3 is 2.50 bits per heavy atom. The van der Waals surface area contributed by atoms with Crippen LogP contribution in [0.1, 0.15) is 13.3 Å². The molecule has 0 spiro atoms. The van der Waals surface area contributed by atoms with E-state index in [0.717, 1.165) is 39.1 Å². The highest BCUT2D eigenvalue weighted by atomic mass is 16.7. The highest BCUT2D eigenvalue weighted by Crippen LogP contribution is 2.00. The highest BCUT2D eigenvalue weighted by molar-refractivity contribution is 5.59. The van der Waals surface area contributed by atoms with Gasteiger partial charge >= 0.3 is 6.16 Å². The Balaban J connectivity index is 1.97. The van der Waals surface area contributed by atoms with Crippen LogP contribution < -0.4 is 0 Å². The molecule has 0 amide bonds. The fraction of sp³-hybridized carbons (Fsp3) is 0.909. The Hall–Kier alpha value is -0.810. The molecule has 5 heteroatoms. The average molecular weight is 230 g/mol. The molecule has 16 heavy (non-hydrogen) atoms. The van der Waals surface area contributed by atoms with Crippen LogP contribution in [0, 0.1) is 0 Å². The molecule has 0 aromatic rings. The standard InChI is InChI=1S/C11H22N2O3/c1-3-15-11(14)16-10-4-5-13-8-6-12(2)7-9-13/h3-10H2,1-2H3. The van der Waals surface area contributed by atoms with Gasteiger partial charge in [0.1, 0.15) is 0 Å². The van der Waals surface area contributed by atoms with Crippen LogP contribution in [0.25, 0.3) is 0 Å². The minimum atomic E-state index is -0.555. The summed E-state index contributed by atoms with van der Waals surface area (Å²) in [6, 6.07) is 0. The first-order valence-corrected chi connectivity index (χ1v) is 5.93. The molecule has 94 valence electrons. The molecule has 0 saturated carbocycles. The maximum Gasteiger partial charge on any atom is 0.508 e. The van der Waals surface area contributed by atoms with Crippen LogP contribution in [0.3, 0.4) is 0 Å². The molecule has 0 aromatic carbocycles. The van der Waals surface area contributed by atoms with E-state index in [-0.39, 0.29) is 0 Å². The molecule has 1 saturated heterocycles. The lowest BCUT2D eigenvalue weighted by Gasteiger charge is -2.32. The lowest BCUT2D eigenvalue weighted by atomic mass is 10.3. The summed E-state index contributed by atoms with van der Waals surface area (Å²) in [7, 11) is 2.14. The van der Waals surface area contributed by atoms with Crippen LogP contribution >= 0.6 is 0 Å². The number of hydrogen-bond donors (Lipinski definition) is 0. The third kappa shape index (κ3) is 5.32. The van der Waals surface area contributed by atoms with Crippen molar-refractivity contribution in [1.29, 1.82) is 0 Å². The van der Waals surface area contributed by atoms with Gasteiger partial charge < -0.3 is 19.3 Å². The molecule has 1 aliphatic heterocycles. The van der Waals surface area contributed by atoms with Gasteiger partial charge in [0, 0.05) is 32.7 Å². The predicted molar refractivity (Wildman–Crippen MR) is 61.5 cm³/mol. The Morgan fingerprint density at radius 2 is 1.88 bits per heavy atom. The number of likely N-dealkylation sites (N-methyl/N-ethyl adjacent to an activating group) is 1. The molecule has 1 rings (SSSR count). The fourth-order valence-electron chi connectivity index (χ4n) is 1.67. The normalized spacial score (nSPS) is 18.4. The van der Waals surface area contributed by atoms with Gasteiger partial charge in [-0.25, -0.2) is 4.79 Å². The van der Waals surface area contributed by atoms with Crippen molar-refractivity contribution in [3.63, 3.8) is 0 Å². The highest BCUT2D eigenvalue weighted by Gasteiger charge is 2.13. The number of ether oxygens (including phenoxy) is 2. The van der Waals surface area contributed by atoms with Gasteiger partial charge in [0.2, 0.25) is 0 Å². The Labute approximate surface area is 97.3 Å². The molecular weight excluding hydrogens is 208 g/mol. The first kappa shape index (κ1) is 13.3. The number of hydrogen-bond acceptors (Lipinski definition) is 5. The SMILES string of the molecule is CCOC(=O)OCCCN1CCN(C)CC1. The molecule has 0 N–H and O–H groups in total. The first-order valence-electron chi connectivity index (χ1n) is 5.93. The monoisotopic (exact) mass is 230 g/mol. The Kier molecular flexibility index (Phi) is 6.18. The van der Waals surface area contributed by atoms with Crippen LogP contribution in [0.15, 0.2) is 0 Å². The van der Waals surface area contributed by atoms with Crippen LogP contribution in [-0.2, 0) is 9.47 Å². The number of nitrogens with zero attached hydrogens (tertiary/aromatic N) is 2. The van der Waals surface area contributed by atoms with Crippen molar-refractivity contribution in [3.05, 3.63) is 0 Å². The summed E-state index contributed by atoms with van der Waals surface area (Å²) < 4.78 is 9.56. The lowest BCUT2D eigenvalue weighted by molar-refractivity contribution is 0.0544. The molecule has 1 fully saturated rings. The smallest absolute Gasteiger partial charge is 0.435 e. The van der Waals surface area contributed by atoms with Gasteiger partial charge in [-0.1, -0.05) is 0 Å². The molecule has 5 nitrogen and oxygen atoms in total. The largest absolute Gasteiger partial charge is 0.508 e. The van der Waals surface area contributed by atoms with Crippen molar-refractivity contribution in [2.24, 2.45) is 0 Å². The molecule has 0 aliphatic carbocycles. The van der Waals surface area contributed by atoms with Gasteiger partial charge in [0.25, 0.3) is 0 Å². The van der Waals surface area contributed by atoms with Crippen molar-refractivity contribution < 1.29 is 14.3 Å². The molecular formula is C11H22N2O3. The zero-order chi connectivity index (χ0) is 11.8. The number of carbonyl (C=O) groups excluding carboxylic acids is 1. The third-order valence-corrected chi connectivity index (χ3v) is 2.70. The van der Waals surface area contributed by atoms with Gasteiger partial charge in [-0.05, 0) is 20.4 Å². The van der Waals surface area contributed by atoms with E-state index >= 15 is 0 Å². The van der Waals surface area contributed by atoms with Crippen LogP contribution in [-0.4, -0.2) is 68.9 Å². The van der Waals surface area contributed by atoms with Gasteiger partial charge in [0.15, 0.2) is 0 Å². The maximum absolute atomic E-state index is 10.9. The van der Waals surface area contributed by atoms with Gasteiger partial charge in [-0.15, -0.1) is 0 Å². The van der Waals surface area contributed by atoms with Crippen molar-refractivity contribution in [2.75, 3.05) is 53.0 Å². The summed E-state index contributed by atoms with van der Waals surface area (Å²) in [6.45, 7) is 8.05. The molecule has 0 aromatic heterocycles. The van der Waals surface area contributed by atoms with Gasteiger partial charge in [0.05, 0.1) is 13.2 Å². The third-order valence-electron chi connectivity index (χ3n) is 2.70. The minimum Gasteiger partial charge on any atom is -0.435 e. The van der Waals surface area contributed by atoms with Gasteiger partial charge in [-0.3, -0.25) is 0 Å². The second kappa shape index (κ2) is 7.46. The molecule has 0 bridgehead atoms. The van der Waals surface area contributed by atoms with Crippen molar-refractivity contribution in [1.82, 2.24) is 9.80 Å². The topological polar surface area (TPSA) is 42.0 Å². The van der Waals surface area contributed by atoms with Crippen LogP contribution in [0.2, 0.25) is 0 Å². The molecule has 0 atom stereocenters. The second-order valence-electron chi connectivity index (χ2n) is 4.03.